The number of piperidine rings is 1. The van der Waals surface area contributed by atoms with Gasteiger partial charge in [0.15, 0.2) is 0 Å². The number of amides is 2. The molecule has 1 heterocycles. The van der Waals surface area contributed by atoms with E-state index in [2.05, 4.69) is 28.8 Å². The van der Waals surface area contributed by atoms with E-state index in [1.165, 1.54) is 7.11 Å². The lowest BCUT2D eigenvalue weighted by atomic mass is 9.87. The van der Waals surface area contributed by atoms with Crippen molar-refractivity contribution < 1.29 is 14.3 Å². The quantitative estimate of drug-likeness (QED) is 0.861. The van der Waals surface area contributed by atoms with Crippen molar-refractivity contribution in [1.29, 1.82) is 0 Å². The summed E-state index contributed by atoms with van der Waals surface area (Å²) in [6.07, 6.45) is 2.66. The molecule has 0 aromatic heterocycles. The topological polar surface area (TPSA) is 58.6 Å². The highest BCUT2D eigenvalue weighted by Crippen LogP contribution is 2.47. The Balaban J connectivity index is 0.00000127. The highest BCUT2D eigenvalue weighted by Gasteiger charge is 2.51. The van der Waals surface area contributed by atoms with Crippen LogP contribution in [0.4, 0.5) is 4.79 Å². The summed E-state index contributed by atoms with van der Waals surface area (Å²) in [6.45, 7) is 12.4. The molecule has 1 saturated heterocycles. The molecular weight excluding hydrogens is 292 g/mol. The van der Waals surface area contributed by atoms with Gasteiger partial charge >= 0.3 is 6.09 Å². The van der Waals surface area contributed by atoms with Crippen LogP contribution in [0.3, 0.4) is 0 Å². The van der Waals surface area contributed by atoms with Crippen LogP contribution in [-0.2, 0) is 9.53 Å². The van der Waals surface area contributed by atoms with E-state index in [9.17, 15) is 9.59 Å². The number of nitrogens with zero attached hydrogens (tertiary/aromatic N) is 1. The largest absolute Gasteiger partial charge is 0.453 e. The van der Waals surface area contributed by atoms with Crippen LogP contribution >= 0.6 is 0 Å². The molecule has 0 radical (unpaired) electrons. The first-order chi connectivity index (χ1) is 10.9. The molecular formula is C18H34N2O3. The number of fused-ring (bicyclic) bond motifs is 2. The van der Waals surface area contributed by atoms with Gasteiger partial charge in [0, 0.05) is 12.1 Å². The van der Waals surface area contributed by atoms with Crippen LogP contribution in [0.5, 0.6) is 0 Å². The molecule has 23 heavy (non-hydrogen) atoms. The summed E-state index contributed by atoms with van der Waals surface area (Å²) in [7, 11) is 1.32. The third-order valence-corrected chi connectivity index (χ3v) is 5.23. The Kier molecular flexibility index (Phi) is 7.36. The molecule has 1 saturated carbocycles. The Hall–Kier alpha value is -1.26. The average Bonchev–Trinajstić information content (AvgIpc) is 3.09. The minimum Gasteiger partial charge on any atom is -0.453 e. The fourth-order valence-corrected chi connectivity index (χ4v) is 4.19. The highest BCUT2D eigenvalue weighted by molar-refractivity contribution is 5.86. The van der Waals surface area contributed by atoms with Gasteiger partial charge in [0.05, 0.1) is 7.11 Å². The maximum Gasteiger partial charge on any atom is 0.407 e. The Morgan fingerprint density at radius 1 is 1.26 bits per heavy atom. The van der Waals surface area contributed by atoms with Crippen molar-refractivity contribution in [2.75, 3.05) is 7.11 Å². The number of likely N-dealkylation sites (tertiary alicyclic amines) is 1. The van der Waals surface area contributed by atoms with Gasteiger partial charge in [-0.1, -0.05) is 41.5 Å². The first-order valence-electron chi connectivity index (χ1n) is 9.07. The lowest BCUT2D eigenvalue weighted by molar-refractivity contribution is -0.139. The molecule has 2 rings (SSSR count). The van der Waals surface area contributed by atoms with E-state index in [0.717, 1.165) is 19.3 Å². The number of nitrogens with one attached hydrogen (secondary N) is 1. The summed E-state index contributed by atoms with van der Waals surface area (Å²) in [4.78, 5) is 26.5. The van der Waals surface area contributed by atoms with E-state index in [4.69, 9.17) is 0 Å². The smallest absolute Gasteiger partial charge is 0.407 e. The number of carbonyl (C=O) groups excluding carboxylic acids is 2. The van der Waals surface area contributed by atoms with Gasteiger partial charge in [0.2, 0.25) is 5.91 Å². The summed E-state index contributed by atoms with van der Waals surface area (Å²) in [5.41, 5.74) is 0. The van der Waals surface area contributed by atoms with E-state index < -0.39 is 12.1 Å². The van der Waals surface area contributed by atoms with E-state index in [1.807, 2.05) is 27.7 Å². The molecule has 2 aliphatic rings. The summed E-state index contributed by atoms with van der Waals surface area (Å²) >= 11 is 0. The van der Waals surface area contributed by atoms with Gasteiger partial charge in [-0.15, -0.1) is 0 Å². The van der Waals surface area contributed by atoms with Gasteiger partial charge in [-0.2, -0.15) is 0 Å². The van der Waals surface area contributed by atoms with Crippen LogP contribution in [0.2, 0.25) is 0 Å². The molecule has 1 aliphatic heterocycles. The zero-order valence-corrected chi connectivity index (χ0v) is 15.8. The second-order valence-corrected chi connectivity index (χ2v) is 6.85. The normalized spacial score (nSPS) is 29.8. The number of ether oxygens (including phenoxy) is 1. The van der Waals surface area contributed by atoms with Crippen molar-refractivity contribution in [3.8, 4) is 0 Å². The van der Waals surface area contributed by atoms with E-state index in [-0.39, 0.29) is 11.8 Å². The van der Waals surface area contributed by atoms with Crippen molar-refractivity contribution >= 4 is 12.0 Å². The second kappa shape index (κ2) is 8.55. The lowest BCUT2D eigenvalue weighted by Crippen LogP contribution is -2.56. The van der Waals surface area contributed by atoms with E-state index >= 15 is 0 Å². The average molecular weight is 326 g/mol. The molecule has 1 N–H and O–H groups in total. The Morgan fingerprint density at radius 2 is 1.87 bits per heavy atom. The Bertz CT molecular complexity index is 411. The molecule has 2 bridgehead atoms. The zero-order chi connectivity index (χ0) is 17.7. The van der Waals surface area contributed by atoms with Gasteiger partial charge in [-0.3, -0.25) is 4.79 Å². The summed E-state index contributed by atoms with van der Waals surface area (Å²) in [5.74, 6) is 1.43. The number of alkyl carbamates (subject to hydrolysis) is 1. The molecule has 134 valence electrons. The lowest BCUT2D eigenvalue weighted by Gasteiger charge is -2.40. The highest BCUT2D eigenvalue weighted by atomic mass is 16.5. The maximum atomic E-state index is 13.0. The predicted octanol–water partition coefficient (Wildman–Crippen LogP) is 3.43. The molecule has 5 heteroatoms. The van der Waals surface area contributed by atoms with Gasteiger partial charge < -0.3 is 15.0 Å². The second-order valence-electron chi connectivity index (χ2n) is 6.85. The maximum absolute atomic E-state index is 13.0. The molecule has 1 aliphatic carbocycles. The Labute approximate surface area is 141 Å². The summed E-state index contributed by atoms with van der Waals surface area (Å²) < 4.78 is 4.66. The molecule has 2 fully saturated rings. The molecule has 0 aromatic rings. The first-order valence-corrected chi connectivity index (χ1v) is 9.07. The van der Waals surface area contributed by atoms with E-state index in [1.54, 1.807) is 0 Å². The third-order valence-electron chi connectivity index (χ3n) is 5.23. The van der Waals surface area contributed by atoms with Crippen molar-refractivity contribution in [3.05, 3.63) is 0 Å². The fraction of sp³-hybridized carbons (Fsp3) is 0.889. The van der Waals surface area contributed by atoms with Gasteiger partial charge in [-0.25, -0.2) is 4.79 Å². The number of hydrogen-bond acceptors (Lipinski definition) is 3. The van der Waals surface area contributed by atoms with Crippen LogP contribution in [-0.4, -0.2) is 42.1 Å². The van der Waals surface area contributed by atoms with Crippen molar-refractivity contribution in [3.63, 3.8) is 0 Å². The zero-order valence-electron chi connectivity index (χ0n) is 15.8. The molecule has 0 unspecified atom stereocenters. The minimum atomic E-state index is -0.534. The van der Waals surface area contributed by atoms with Crippen LogP contribution in [0.25, 0.3) is 0 Å². The van der Waals surface area contributed by atoms with Crippen LogP contribution in [0.15, 0.2) is 0 Å². The Morgan fingerprint density at radius 3 is 2.35 bits per heavy atom. The standard InChI is InChI=1S/C16H28N2O3.C2H6/c1-6-13-12-8-11(7-10(12)4)18(13)15(19)14(9(2)3)17-16(20)21-5;1-2/h9-14H,6-8H2,1-5H3,(H,17,20);1-2H3/t10-,11+,12+,13+,14-;/m0./s1. The molecule has 0 aromatic carbocycles. The summed E-state index contributed by atoms with van der Waals surface area (Å²) in [6, 6.07) is 0.177. The van der Waals surface area contributed by atoms with E-state index in [0.29, 0.717) is 23.9 Å². The molecule has 5 nitrogen and oxygen atoms in total. The molecule has 0 spiro atoms. The van der Waals surface area contributed by atoms with Crippen LogP contribution < -0.4 is 5.32 Å². The van der Waals surface area contributed by atoms with Crippen molar-refractivity contribution in [2.24, 2.45) is 17.8 Å². The SMILES string of the molecule is CC.CC[C@@H]1[C@@H]2C[C@@H](C[C@@H]2C)N1C(=O)[C@@H](NC(=O)OC)C(C)C. The number of hydrogen-bond donors (Lipinski definition) is 1. The number of rotatable bonds is 4. The monoisotopic (exact) mass is 326 g/mol. The van der Waals surface area contributed by atoms with Crippen LogP contribution in [0.1, 0.15) is 60.8 Å². The molecule has 5 atom stereocenters. The third kappa shape index (κ3) is 3.99. The predicted molar refractivity (Wildman–Crippen MR) is 92.1 cm³/mol. The first kappa shape index (κ1) is 19.8. The van der Waals surface area contributed by atoms with Gasteiger partial charge in [0.25, 0.3) is 0 Å². The fourth-order valence-electron chi connectivity index (χ4n) is 4.19. The molecule has 2 amide bonds. The minimum absolute atomic E-state index is 0.0469. The number of carbonyl (C=O) groups is 2. The van der Waals surface area contributed by atoms with Crippen molar-refractivity contribution in [1.82, 2.24) is 10.2 Å². The summed E-state index contributed by atoms with van der Waals surface area (Å²) in [5, 5.41) is 2.71. The van der Waals surface area contributed by atoms with Gasteiger partial charge in [0.1, 0.15) is 6.04 Å². The van der Waals surface area contributed by atoms with Crippen molar-refractivity contribution in [2.45, 2.75) is 78.9 Å². The van der Waals surface area contributed by atoms with Gasteiger partial charge in [-0.05, 0) is 37.0 Å². The number of methoxy groups -OCH3 is 1. The van der Waals surface area contributed by atoms with Crippen LogP contribution in [0, 0.1) is 17.8 Å².